The fourth-order valence-electron chi connectivity index (χ4n) is 3.39. The number of carbonyl (C=O) groups is 2. The summed E-state index contributed by atoms with van der Waals surface area (Å²) in [6.07, 6.45) is 0. The summed E-state index contributed by atoms with van der Waals surface area (Å²) in [5.41, 5.74) is 2.69. The van der Waals surface area contributed by atoms with E-state index in [9.17, 15) is 19.7 Å². The van der Waals surface area contributed by atoms with E-state index in [4.69, 9.17) is 0 Å². The topological polar surface area (TPSA) is 113 Å². The van der Waals surface area contributed by atoms with Gasteiger partial charge in [0, 0.05) is 16.6 Å². The minimum atomic E-state index is -0.817. The lowest BCUT2D eigenvalue weighted by atomic mass is 10.0. The van der Waals surface area contributed by atoms with E-state index in [0.717, 1.165) is 10.5 Å². The number of nitrogens with one attached hydrogen (secondary N) is 3. The predicted molar refractivity (Wildman–Crippen MR) is 125 cm³/mol. The molecule has 0 saturated heterocycles. The van der Waals surface area contributed by atoms with Crippen molar-refractivity contribution in [2.45, 2.75) is 17.9 Å². The van der Waals surface area contributed by atoms with Crippen LogP contribution in [0.5, 0.6) is 0 Å². The number of hydrogen-bond acceptors (Lipinski definition) is 6. The standard InChI is InChI=1S/C23H20N4O4S/c1-14-7-9-17(19(11-14)27(30)31)26-23(29)22(15-5-3-2-4-6-15)24-16-8-10-20-18(12-16)25-21(28)13-32-20/h2-12,22,24H,13H2,1H3,(H,25,28)(H,26,29). The molecular formula is C23H20N4O4S. The van der Waals surface area contributed by atoms with Crippen molar-refractivity contribution in [2.24, 2.45) is 0 Å². The highest BCUT2D eigenvalue weighted by molar-refractivity contribution is 8.00. The van der Waals surface area contributed by atoms with Gasteiger partial charge in [0.05, 0.1) is 16.4 Å². The summed E-state index contributed by atoms with van der Waals surface area (Å²) < 4.78 is 0. The van der Waals surface area contributed by atoms with Crippen LogP contribution in [-0.2, 0) is 9.59 Å². The Labute approximate surface area is 188 Å². The highest BCUT2D eigenvalue weighted by Gasteiger charge is 2.25. The van der Waals surface area contributed by atoms with Crippen molar-refractivity contribution in [2.75, 3.05) is 21.7 Å². The maximum Gasteiger partial charge on any atom is 0.293 e. The minimum absolute atomic E-state index is 0.0799. The van der Waals surface area contributed by atoms with Crippen LogP contribution in [0.25, 0.3) is 0 Å². The lowest BCUT2D eigenvalue weighted by Crippen LogP contribution is -2.27. The van der Waals surface area contributed by atoms with Gasteiger partial charge in [-0.05, 0) is 42.3 Å². The molecule has 0 aromatic heterocycles. The summed E-state index contributed by atoms with van der Waals surface area (Å²) in [7, 11) is 0. The molecule has 3 aromatic rings. The van der Waals surface area contributed by atoms with E-state index in [1.54, 1.807) is 31.2 Å². The highest BCUT2D eigenvalue weighted by Crippen LogP contribution is 2.35. The quantitative estimate of drug-likeness (QED) is 0.371. The van der Waals surface area contributed by atoms with Crippen molar-refractivity contribution in [1.82, 2.24) is 0 Å². The van der Waals surface area contributed by atoms with E-state index in [-0.39, 0.29) is 17.3 Å². The van der Waals surface area contributed by atoms with Crippen LogP contribution in [-0.4, -0.2) is 22.5 Å². The minimum Gasteiger partial charge on any atom is -0.370 e. The van der Waals surface area contributed by atoms with Gasteiger partial charge in [0.1, 0.15) is 11.7 Å². The number of nitrogens with zero attached hydrogens (tertiary/aromatic N) is 1. The van der Waals surface area contributed by atoms with Crippen LogP contribution in [0, 0.1) is 17.0 Å². The number of amides is 2. The van der Waals surface area contributed by atoms with Gasteiger partial charge in [0.15, 0.2) is 0 Å². The van der Waals surface area contributed by atoms with Gasteiger partial charge >= 0.3 is 0 Å². The number of aryl methyl sites for hydroxylation is 1. The van der Waals surface area contributed by atoms with E-state index < -0.39 is 16.9 Å². The van der Waals surface area contributed by atoms with Crippen molar-refractivity contribution in [3.05, 3.63) is 88.0 Å². The van der Waals surface area contributed by atoms with Gasteiger partial charge in [-0.2, -0.15) is 0 Å². The van der Waals surface area contributed by atoms with Gasteiger partial charge in [-0.15, -0.1) is 11.8 Å². The molecule has 3 aromatic carbocycles. The Hall–Kier alpha value is -3.85. The molecule has 9 heteroatoms. The largest absolute Gasteiger partial charge is 0.370 e. The van der Waals surface area contributed by atoms with Crippen LogP contribution < -0.4 is 16.0 Å². The molecule has 8 nitrogen and oxygen atoms in total. The van der Waals surface area contributed by atoms with Crippen LogP contribution in [0.1, 0.15) is 17.2 Å². The number of nitro benzene ring substituents is 1. The molecule has 32 heavy (non-hydrogen) atoms. The zero-order valence-electron chi connectivity index (χ0n) is 17.1. The molecule has 1 heterocycles. The number of nitro groups is 1. The Bertz CT molecular complexity index is 1200. The summed E-state index contributed by atoms with van der Waals surface area (Å²) >= 11 is 1.45. The average Bonchev–Trinajstić information content (AvgIpc) is 2.78. The molecule has 1 atom stereocenters. The third-order valence-corrected chi connectivity index (χ3v) is 6.00. The summed E-state index contributed by atoms with van der Waals surface area (Å²) in [6.45, 7) is 1.75. The van der Waals surface area contributed by atoms with Gasteiger partial charge in [-0.25, -0.2) is 0 Å². The monoisotopic (exact) mass is 448 g/mol. The Morgan fingerprint density at radius 1 is 1.12 bits per heavy atom. The van der Waals surface area contributed by atoms with E-state index in [1.165, 1.54) is 23.9 Å². The van der Waals surface area contributed by atoms with Gasteiger partial charge < -0.3 is 16.0 Å². The first kappa shape index (κ1) is 21.4. The molecule has 3 N–H and O–H groups in total. The first-order chi connectivity index (χ1) is 15.4. The molecule has 0 saturated carbocycles. The fraction of sp³-hybridized carbons (Fsp3) is 0.130. The third kappa shape index (κ3) is 4.73. The van der Waals surface area contributed by atoms with Crippen molar-refractivity contribution in [1.29, 1.82) is 0 Å². The maximum absolute atomic E-state index is 13.2. The predicted octanol–water partition coefficient (Wildman–Crippen LogP) is 4.74. The summed E-state index contributed by atoms with van der Waals surface area (Å²) in [6, 6.07) is 18.4. The second-order valence-electron chi connectivity index (χ2n) is 7.30. The molecule has 0 fully saturated rings. The van der Waals surface area contributed by atoms with Crippen LogP contribution >= 0.6 is 11.8 Å². The van der Waals surface area contributed by atoms with Crippen molar-refractivity contribution in [3.8, 4) is 0 Å². The number of rotatable bonds is 6. The second-order valence-corrected chi connectivity index (χ2v) is 8.32. The molecule has 0 spiro atoms. The molecule has 1 aliphatic rings. The van der Waals surface area contributed by atoms with Crippen molar-refractivity contribution < 1.29 is 14.5 Å². The van der Waals surface area contributed by atoms with Crippen LogP contribution in [0.15, 0.2) is 71.6 Å². The summed E-state index contributed by atoms with van der Waals surface area (Å²) in [5, 5.41) is 20.2. The molecule has 162 valence electrons. The van der Waals surface area contributed by atoms with E-state index in [1.807, 2.05) is 30.3 Å². The Morgan fingerprint density at radius 3 is 2.66 bits per heavy atom. The second kappa shape index (κ2) is 9.11. The summed E-state index contributed by atoms with van der Waals surface area (Å²) in [5.74, 6) is -0.160. The normalized spacial score (nSPS) is 13.5. The smallest absolute Gasteiger partial charge is 0.293 e. The number of benzene rings is 3. The molecule has 0 aliphatic carbocycles. The number of carbonyl (C=O) groups excluding carboxylic acids is 2. The van der Waals surface area contributed by atoms with Crippen LogP contribution in [0.3, 0.4) is 0 Å². The number of anilines is 3. The molecule has 1 unspecified atom stereocenters. The Morgan fingerprint density at radius 2 is 1.91 bits per heavy atom. The first-order valence-electron chi connectivity index (χ1n) is 9.85. The number of thioether (sulfide) groups is 1. The maximum atomic E-state index is 13.2. The molecular weight excluding hydrogens is 428 g/mol. The average molecular weight is 449 g/mol. The Balaban J connectivity index is 1.64. The lowest BCUT2D eigenvalue weighted by Gasteiger charge is -2.22. The first-order valence-corrected chi connectivity index (χ1v) is 10.8. The van der Waals surface area contributed by atoms with Gasteiger partial charge in [-0.3, -0.25) is 19.7 Å². The van der Waals surface area contributed by atoms with Gasteiger partial charge in [0.2, 0.25) is 5.91 Å². The number of fused-ring (bicyclic) bond motifs is 1. The molecule has 1 aliphatic heterocycles. The highest BCUT2D eigenvalue weighted by atomic mass is 32.2. The lowest BCUT2D eigenvalue weighted by molar-refractivity contribution is -0.384. The van der Waals surface area contributed by atoms with Crippen molar-refractivity contribution >= 4 is 46.3 Å². The van der Waals surface area contributed by atoms with Crippen LogP contribution in [0.2, 0.25) is 0 Å². The zero-order chi connectivity index (χ0) is 22.7. The SMILES string of the molecule is Cc1ccc(NC(=O)C(Nc2ccc3c(c2)NC(=O)CS3)c2ccccc2)c([N+](=O)[O-])c1. The van der Waals surface area contributed by atoms with Crippen LogP contribution in [0.4, 0.5) is 22.7 Å². The van der Waals surface area contributed by atoms with E-state index >= 15 is 0 Å². The Kier molecular flexibility index (Phi) is 6.09. The third-order valence-electron chi connectivity index (χ3n) is 4.93. The fourth-order valence-corrected chi connectivity index (χ4v) is 4.18. The zero-order valence-corrected chi connectivity index (χ0v) is 17.9. The molecule has 0 bridgehead atoms. The number of hydrogen-bond donors (Lipinski definition) is 3. The van der Waals surface area contributed by atoms with Gasteiger partial charge in [0.25, 0.3) is 11.6 Å². The van der Waals surface area contributed by atoms with E-state index in [2.05, 4.69) is 16.0 Å². The summed E-state index contributed by atoms with van der Waals surface area (Å²) in [4.78, 5) is 36.9. The van der Waals surface area contributed by atoms with Gasteiger partial charge in [-0.1, -0.05) is 36.4 Å². The molecule has 0 radical (unpaired) electrons. The van der Waals surface area contributed by atoms with Crippen molar-refractivity contribution in [3.63, 3.8) is 0 Å². The molecule has 2 amide bonds. The van der Waals surface area contributed by atoms with E-state index in [0.29, 0.717) is 22.7 Å². The molecule has 4 rings (SSSR count).